The third kappa shape index (κ3) is 2.15. The lowest BCUT2D eigenvalue weighted by Crippen LogP contribution is -2.49. The fraction of sp³-hybridized carbons (Fsp3) is 0.333. The summed E-state index contributed by atoms with van der Waals surface area (Å²) in [5.74, 6) is -0.618. The Kier molecular flexibility index (Phi) is 3.79. The first-order valence-electron chi connectivity index (χ1n) is 6.11. The molecule has 0 radical (unpaired) electrons. The van der Waals surface area contributed by atoms with Gasteiger partial charge < -0.3 is 14.2 Å². The second-order valence-corrected chi connectivity index (χ2v) is 4.63. The second kappa shape index (κ2) is 5.36. The smallest absolute Gasteiger partial charge is 0.328 e. The number of carbonyl (C=O) groups excluding carboxylic acids is 2. The summed E-state index contributed by atoms with van der Waals surface area (Å²) in [6.07, 6.45) is 0.185. The number of benzene rings is 1. The van der Waals surface area contributed by atoms with Gasteiger partial charge in [-0.1, -0.05) is 18.7 Å². The predicted octanol–water partition coefficient (Wildman–Crippen LogP) is 1.61. The fourth-order valence-electron chi connectivity index (χ4n) is 2.33. The van der Waals surface area contributed by atoms with Crippen molar-refractivity contribution >= 4 is 11.9 Å². The molecule has 0 saturated carbocycles. The summed E-state index contributed by atoms with van der Waals surface area (Å²) < 4.78 is 15.0. The summed E-state index contributed by atoms with van der Waals surface area (Å²) in [6.45, 7) is 3.94. The summed E-state index contributed by atoms with van der Waals surface area (Å²) >= 11 is 0. The van der Waals surface area contributed by atoms with Gasteiger partial charge in [0.05, 0.1) is 14.2 Å². The van der Waals surface area contributed by atoms with E-state index in [4.69, 9.17) is 14.2 Å². The quantitative estimate of drug-likeness (QED) is 0.477. The van der Waals surface area contributed by atoms with Crippen molar-refractivity contribution in [1.29, 1.82) is 0 Å². The van der Waals surface area contributed by atoms with Crippen molar-refractivity contribution in [2.24, 2.45) is 0 Å². The topological polar surface area (TPSA) is 61.8 Å². The van der Waals surface area contributed by atoms with Crippen LogP contribution in [0, 0.1) is 0 Å². The number of cyclic esters (lactones) is 1. The van der Waals surface area contributed by atoms with E-state index in [-0.39, 0.29) is 13.0 Å². The van der Waals surface area contributed by atoms with Gasteiger partial charge in [-0.3, -0.25) is 9.59 Å². The van der Waals surface area contributed by atoms with Crippen LogP contribution >= 0.6 is 0 Å². The molecule has 0 spiro atoms. The van der Waals surface area contributed by atoms with Crippen LogP contribution < -0.4 is 4.74 Å². The Morgan fingerprint density at radius 1 is 1.30 bits per heavy atom. The molecule has 1 aromatic carbocycles. The Balaban J connectivity index is 2.53. The van der Waals surface area contributed by atoms with Crippen molar-refractivity contribution < 1.29 is 23.8 Å². The summed E-state index contributed by atoms with van der Waals surface area (Å²) in [5.41, 5.74) is -0.294. The van der Waals surface area contributed by atoms with Gasteiger partial charge in [0.15, 0.2) is 5.41 Å². The number of esters is 2. The lowest BCUT2D eigenvalue weighted by molar-refractivity contribution is -0.165. The van der Waals surface area contributed by atoms with E-state index in [0.29, 0.717) is 16.9 Å². The van der Waals surface area contributed by atoms with E-state index >= 15 is 0 Å². The molecule has 106 valence electrons. The molecule has 0 aromatic heterocycles. The molecule has 1 atom stereocenters. The summed E-state index contributed by atoms with van der Waals surface area (Å²) in [7, 11) is 2.79. The minimum atomic E-state index is -1.48. The molecule has 0 N–H and O–H groups in total. The van der Waals surface area contributed by atoms with Crippen molar-refractivity contribution in [3.63, 3.8) is 0 Å². The number of hydrogen-bond acceptors (Lipinski definition) is 5. The largest absolute Gasteiger partial charge is 0.497 e. The van der Waals surface area contributed by atoms with Crippen LogP contribution in [-0.2, 0) is 24.5 Å². The van der Waals surface area contributed by atoms with Gasteiger partial charge in [0.25, 0.3) is 0 Å². The number of carbonyl (C=O) groups is 2. The molecule has 1 unspecified atom stereocenters. The van der Waals surface area contributed by atoms with Crippen LogP contribution in [0.1, 0.15) is 12.0 Å². The summed E-state index contributed by atoms with van der Waals surface area (Å²) in [6, 6.07) is 6.70. The van der Waals surface area contributed by atoms with Gasteiger partial charge in [-0.2, -0.15) is 0 Å². The van der Waals surface area contributed by atoms with Crippen molar-refractivity contribution in [1.82, 2.24) is 0 Å². The normalized spacial score (nSPS) is 22.1. The monoisotopic (exact) mass is 276 g/mol. The van der Waals surface area contributed by atoms with Gasteiger partial charge in [0.2, 0.25) is 0 Å². The molecule has 0 aliphatic carbocycles. The minimum absolute atomic E-state index is 0.133. The van der Waals surface area contributed by atoms with Gasteiger partial charge in [-0.05, 0) is 23.3 Å². The lowest BCUT2D eigenvalue weighted by atomic mass is 9.74. The van der Waals surface area contributed by atoms with Gasteiger partial charge in [-0.25, -0.2) is 0 Å². The first-order valence-corrected chi connectivity index (χ1v) is 6.11. The molecule has 1 aromatic rings. The average Bonchev–Trinajstić information content (AvgIpc) is 2.49. The van der Waals surface area contributed by atoms with Crippen LogP contribution in [0.5, 0.6) is 5.75 Å². The van der Waals surface area contributed by atoms with E-state index in [1.54, 1.807) is 31.4 Å². The average molecular weight is 276 g/mol. The van der Waals surface area contributed by atoms with Crippen molar-refractivity contribution in [3.05, 3.63) is 42.0 Å². The third-order valence-corrected chi connectivity index (χ3v) is 3.39. The van der Waals surface area contributed by atoms with E-state index in [1.807, 2.05) is 0 Å². The zero-order chi connectivity index (χ0) is 14.8. The number of hydrogen-bond donors (Lipinski definition) is 0. The standard InChI is InChI=1S/C15H16O5/c1-10-8-15(13(16)19-3,14(17)20-9-10)11-4-6-12(18-2)7-5-11/h4-7H,1,8-9H2,2-3H3. The molecule has 5 nitrogen and oxygen atoms in total. The maximum Gasteiger partial charge on any atom is 0.328 e. The highest BCUT2D eigenvalue weighted by Crippen LogP contribution is 2.37. The molecule has 1 fully saturated rings. The molecule has 20 heavy (non-hydrogen) atoms. The Hall–Kier alpha value is -2.30. The highest BCUT2D eigenvalue weighted by Gasteiger charge is 2.52. The molecule has 0 amide bonds. The molecule has 1 saturated heterocycles. The molecule has 0 bridgehead atoms. The van der Waals surface area contributed by atoms with Crippen LogP contribution in [0.2, 0.25) is 0 Å². The number of ether oxygens (including phenoxy) is 3. The zero-order valence-corrected chi connectivity index (χ0v) is 11.5. The van der Waals surface area contributed by atoms with Gasteiger partial charge in [0, 0.05) is 6.42 Å². The first-order chi connectivity index (χ1) is 9.54. The van der Waals surface area contributed by atoms with Crippen molar-refractivity contribution in [3.8, 4) is 5.75 Å². The SMILES string of the molecule is C=C1COC(=O)C(C(=O)OC)(c2ccc(OC)cc2)C1. The van der Waals surface area contributed by atoms with Gasteiger partial charge >= 0.3 is 11.9 Å². The van der Waals surface area contributed by atoms with Crippen LogP contribution in [0.25, 0.3) is 0 Å². The predicted molar refractivity (Wildman–Crippen MR) is 71.4 cm³/mol. The highest BCUT2D eigenvalue weighted by atomic mass is 16.6. The van der Waals surface area contributed by atoms with E-state index in [0.717, 1.165) is 0 Å². The fourth-order valence-corrected chi connectivity index (χ4v) is 2.33. The molecular weight excluding hydrogens is 260 g/mol. The zero-order valence-electron chi connectivity index (χ0n) is 11.5. The van der Waals surface area contributed by atoms with Crippen LogP contribution in [0.4, 0.5) is 0 Å². The lowest BCUT2D eigenvalue weighted by Gasteiger charge is -2.33. The summed E-state index contributed by atoms with van der Waals surface area (Å²) in [4.78, 5) is 24.4. The molecular formula is C15H16O5. The summed E-state index contributed by atoms with van der Waals surface area (Å²) in [5, 5.41) is 0. The maximum absolute atomic E-state index is 12.2. The Bertz CT molecular complexity index is 536. The Labute approximate surface area is 117 Å². The molecule has 2 rings (SSSR count). The van der Waals surface area contributed by atoms with Gasteiger partial charge in [0.1, 0.15) is 12.4 Å². The van der Waals surface area contributed by atoms with E-state index in [9.17, 15) is 9.59 Å². The van der Waals surface area contributed by atoms with E-state index in [2.05, 4.69) is 6.58 Å². The number of methoxy groups -OCH3 is 2. The van der Waals surface area contributed by atoms with E-state index in [1.165, 1.54) is 7.11 Å². The van der Waals surface area contributed by atoms with Crippen LogP contribution in [0.15, 0.2) is 36.4 Å². The third-order valence-electron chi connectivity index (χ3n) is 3.39. The Morgan fingerprint density at radius 3 is 2.50 bits per heavy atom. The Morgan fingerprint density at radius 2 is 1.95 bits per heavy atom. The van der Waals surface area contributed by atoms with Crippen LogP contribution in [0.3, 0.4) is 0 Å². The van der Waals surface area contributed by atoms with E-state index < -0.39 is 17.4 Å². The highest BCUT2D eigenvalue weighted by molar-refractivity contribution is 6.07. The minimum Gasteiger partial charge on any atom is -0.497 e. The van der Waals surface area contributed by atoms with Crippen LogP contribution in [-0.4, -0.2) is 32.8 Å². The van der Waals surface area contributed by atoms with Gasteiger partial charge in [-0.15, -0.1) is 0 Å². The first kappa shape index (κ1) is 14.1. The molecule has 5 heteroatoms. The van der Waals surface area contributed by atoms with Crippen molar-refractivity contribution in [2.75, 3.05) is 20.8 Å². The molecule has 1 heterocycles. The maximum atomic E-state index is 12.2. The van der Waals surface area contributed by atoms with Crippen molar-refractivity contribution in [2.45, 2.75) is 11.8 Å². The second-order valence-electron chi connectivity index (χ2n) is 4.63. The number of rotatable bonds is 3. The molecule has 1 aliphatic heterocycles. The molecule has 1 aliphatic rings.